The lowest BCUT2D eigenvalue weighted by Crippen LogP contribution is -2.22. The number of sulfone groups is 1. The molecular formula is C9H11NO4S2. The van der Waals surface area contributed by atoms with Crippen LogP contribution in [0.1, 0.15) is 34.4 Å². The Morgan fingerprint density at radius 3 is 2.62 bits per heavy atom. The molecule has 0 aliphatic heterocycles. The normalized spacial score (nSPS) is 18.3. The van der Waals surface area contributed by atoms with Gasteiger partial charge in [-0.25, -0.2) is 18.2 Å². The van der Waals surface area contributed by atoms with Crippen LogP contribution in [0.3, 0.4) is 0 Å². The van der Waals surface area contributed by atoms with Gasteiger partial charge in [-0.3, -0.25) is 0 Å². The van der Waals surface area contributed by atoms with Crippen molar-refractivity contribution in [3.63, 3.8) is 0 Å². The monoisotopic (exact) mass is 261 g/mol. The number of rotatable bonds is 4. The van der Waals surface area contributed by atoms with E-state index in [-0.39, 0.29) is 10.6 Å². The average Bonchev–Trinajstić information content (AvgIpc) is 2.90. The van der Waals surface area contributed by atoms with Gasteiger partial charge in [0.2, 0.25) is 0 Å². The van der Waals surface area contributed by atoms with Crippen molar-refractivity contribution in [1.29, 1.82) is 0 Å². The Bertz CT molecular complexity index is 527. The summed E-state index contributed by atoms with van der Waals surface area (Å²) in [5.74, 6) is -0.997. The fraction of sp³-hybridized carbons (Fsp3) is 0.556. The van der Waals surface area contributed by atoms with Crippen LogP contribution in [0.15, 0.2) is 6.20 Å². The van der Waals surface area contributed by atoms with E-state index < -0.39 is 20.6 Å². The number of hydrogen-bond donors (Lipinski definition) is 1. The van der Waals surface area contributed by atoms with Gasteiger partial charge in [0, 0.05) is 5.75 Å². The van der Waals surface area contributed by atoms with Gasteiger partial charge >= 0.3 is 5.97 Å². The van der Waals surface area contributed by atoms with Crippen LogP contribution < -0.4 is 0 Å². The molecule has 0 bridgehead atoms. The van der Waals surface area contributed by atoms with E-state index in [1.54, 1.807) is 6.92 Å². The number of thiazole rings is 1. The third kappa shape index (κ3) is 1.54. The highest BCUT2D eigenvalue weighted by molar-refractivity contribution is 7.92. The summed E-state index contributed by atoms with van der Waals surface area (Å²) in [6.45, 7) is 1.60. The van der Waals surface area contributed by atoms with Crippen LogP contribution in [0.25, 0.3) is 0 Å². The quantitative estimate of drug-likeness (QED) is 0.882. The van der Waals surface area contributed by atoms with E-state index in [0.29, 0.717) is 17.8 Å². The maximum Gasteiger partial charge on any atom is 0.347 e. The summed E-state index contributed by atoms with van der Waals surface area (Å²) in [5.41, 5.74) is 0. The van der Waals surface area contributed by atoms with Gasteiger partial charge in [0.25, 0.3) is 0 Å². The topological polar surface area (TPSA) is 84.3 Å². The van der Waals surface area contributed by atoms with Crippen LogP contribution in [-0.2, 0) is 14.6 Å². The summed E-state index contributed by atoms with van der Waals surface area (Å²) in [5, 5.41) is 9.19. The number of aromatic nitrogens is 1. The van der Waals surface area contributed by atoms with Gasteiger partial charge in [0.15, 0.2) is 9.84 Å². The molecule has 0 unspecified atom stereocenters. The Balaban J connectivity index is 2.42. The van der Waals surface area contributed by atoms with Crippen LogP contribution in [0.4, 0.5) is 0 Å². The first-order valence-corrected chi connectivity index (χ1v) is 7.32. The van der Waals surface area contributed by atoms with Crippen LogP contribution in [0.2, 0.25) is 0 Å². The summed E-state index contributed by atoms with van der Waals surface area (Å²) in [6.07, 6.45) is 2.33. The summed E-state index contributed by atoms with van der Waals surface area (Å²) in [6, 6.07) is 0. The van der Waals surface area contributed by atoms with E-state index >= 15 is 0 Å². The Hall–Kier alpha value is -0.950. The number of carboxylic acid groups (broad SMARTS) is 1. The summed E-state index contributed by atoms with van der Waals surface area (Å²) >= 11 is 0.963. The van der Waals surface area contributed by atoms with Crippen molar-refractivity contribution in [1.82, 2.24) is 4.98 Å². The molecule has 16 heavy (non-hydrogen) atoms. The summed E-state index contributed by atoms with van der Waals surface area (Å²) in [4.78, 5) is 14.7. The molecule has 1 aromatic heterocycles. The van der Waals surface area contributed by atoms with Gasteiger partial charge < -0.3 is 5.11 Å². The van der Waals surface area contributed by atoms with Crippen LogP contribution in [0.5, 0.6) is 0 Å². The Kier molecular flexibility index (Phi) is 2.54. The summed E-state index contributed by atoms with van der Waals surface area (Å²) < 4.78 is 22.9. The largest absolute Gasteiger partial charge is 0.477 e. The lowest BCUT2D eigenvalue weighted by Gasteiger charge is -2.11. The number of carboxylic acids is 1. The second kappa shape index (κ2) is 3.53. The highest BCUT2D eigenvalue weighted by Gasteiger charge is 2.57. The van der Waals surface area contributed by atoms with E-state index in [9.17, 15) is 13.2 Å². The first-order chi connectivity index (χ1) is 7.43. The van der Waals surface area contributed by atoms with Crippen molar-refractivity contribution >= 4 is 27.1 Å². The Morgan fingerprint density at radius 1 is 1.62 bits per heavy atom. The highest BCUT2D eigenvalue weighted by Crippen LogP contribution is 2.54. The van der Waals surface area contributed by atoms with E-state index in [1.807, 2.05) is 0 Å². The maximum atomic E-state index is 11.9. The summed E-state index contributed by atoms with van der Waals surface area (Å²) in [7, 11) is -3.20. The molecule has 7 heteroatoms. The molecule has 1 aromatic rings. The lowest BCUT2D eigenvalue weighted by molar-refractivity contribution is 0.0702. The second-order valence-electron chi connectivity index (χ2n) is 3.73. The van der Waals surface area contributed by atoms with Crippen LogP contribution in [0, 0.1) is 0 Å². The van der Waals surface area contributed by atoms with Gasteiger partial charge in [-0.05, 0) is 12.8 Å². The number of carbonyl (C=O) groups is 1. The zero-order chi connectivity index (χ0) is 12.0. The molecule has 0 aromatic carbocycles. The van der Waals surface area contributed by atoms with Gasteiger partial charge in [0.05, 0.1) is 6.20 Å². The highest BCUT2D eigenvalue weighted by atomic mass is 32.2. The van der Waals surface area contributed by atoms with Crippen molar-refractivity contribution < 1.29 is 18.3 Å². The zero-order valence-corrected chi connectivity index (χ0v) is 10.3. The first kappa shape index (κ1) is 11.5. The molecule has 1 fully saturated rings. The molecule has 1 N–H and O–H groups in total. The SMILES string of the molecule is CCS(=O)(=O)C1(c2ncc(C(=O)O)s2)CC1. The van der Waals surface area contributed by atoms with Crippen molar-refractivity contribution in [3.05, 3.63) is 16.1 Å². The van der Waals surface area contributed by atoms with Gasteiger partial charge in [-0.15, -0.1) is 11.3 Å². The lowest BCUT2D eigenvalue weighted by atomic mass is 10.4. The Labute approximate surface area is 97.1 Å². The third-order valence-corrected chi connectivity index (χ3v) is 6.66. The molecule has 0 spiro atoms. The molecule has 1 aliphatic carbocycles. The molecule has 1 aliphatic rings. The fourth-order valence-corrected chi connectivity index (χ4v) is 4.63. The van der Waals surface area contributed by atoms with Crippen LogP contribution in [-0.4, -0.2) is 30.2 Å². The van der Waals surface area contributed by atoms with E-state index in [4.69, 9.17) is 5.11 Å². The molecular weight excluding hydrogens is 250 g/mol. The van der Waals surface area contributed by atoms with E-state index in [1.165, 1.54) is 6.20 Å². The molecule has 5 nitrogen and oxygen atoms in total. The van der Waals surface area contributed by atoms with E-state index in [2.05, 4.69) is 4.98 Å². The van der Waals surface area contributed by atoms with Crippen molar-refractivity contribution in [2.45, 2.75) is 24.5 Å². The standard InChI is InChI=1S/C9H11NO4S2/c1-2-16(13,14)9(3-4-9)8-10-5-6(15-8)7(11)12/h5H,2-4H2,1H3,(H,11,12). The molecule has 0 atom stereocenters. The Morgan fingerprint density at radius 2 is 2.25 bits per heavy atom. The zero-order valence-electron chi connectivity index (χ0n) is 8.63. The minimum absolute atomic E-state index is 0.0645. The second-order valence-corrected chi connectivity index (χ2v) is 7.35. The van der Waals surface area contributed by atoms with Crippen molar-refractivity contribution in [3.8, 4) is 0 Å². The predicted octanol–water partition coefficient (Wildman–Crippen LogP) is 1.27. The molecule has 1 saturated carbocycles. The molecule has 88 valence electrons. The molecule has 0 saturated heterocycles. The number of aromatic carboxylic acids is 1. The van der Waals surface area contributed by atoms with Gasteiger partial charge in [-0.2, -0.15) is 0 Å². The van der Waals surface area contributed by atoms with Crippen molar-refractivity contribution in [2.75, 3.05) is 5.75 Å². The average molecular weight is 261 g/mol. The minimum atomic E-state index is -3.20. The third-order valence-electron chi connectivity index (χ3n) is 2.79. The van der Waals surface area contributed by atoms with Gasteiger partial charge in [0.1, 0.15) is 14.6 Å². The van der Waals surface area contributed by atoms with E-state index in [0.717, 1.165) is 11.3 Å². The molecule has 2 rings (SSSR count). The number of hydrogen-bond acceptors (Lipinski definition) is 5. The van der Waals surface area contributed by atoms with Crippen molar-refractivity contribution in [2.24, 2.45) is 0 Å². The fourth-order valence-electron chi connectivity index (χ4n) is 1.63. The maximum absolute atomic E-state index is 11.9. The molecule has 0 amide bonds. The first-order valence-electron chi connectivity index (χ1n) is 4.85. The molecule has 1 heterocycles. The predicted molar refractivity (Wildman–Crippen MR) is 59.4 cm³/mol. The smallest absolute Gasteiger partial charge is 0.347 e. The number of nitrogens with zero attached hydrogens (tertiary/aromatic N) is 1. The minimum Gasteiger partial charge on any atom is -0.477 e. The van der Waals surface area contributed by atoms with Gasteiger partial charge in [-0.1, -0.05) is 6.92 Å². The molecule has 0 radical (unpaired) electrons. The van der Waals surface area contributed by atoms with Crippen LogP contribution >= 0.6 is 11.3 Å².